The monoisotopic (exact) mass is 325 g/mol. The Morgan fingerprint density at radius 2 is 2.25 bits per heavy atom. The number of nitrogens with zero attached hydrogens (tertiary/aromatic N) is 2. The zero-order valence-electron chi connectivity index (χ0n) is 13.2. The molecule has 24 heavy (non-hydrogen) atoms. The maximum atomic E-state index is 12.4. The van der Waals surface area contributed by atoms with Crippen LogP contribution in [0.3, 0.4) is 0 Å². The van der Waals surface area contributed by atoms with E-state index >= 15 is 0 Å². The Hall–Kier alpha value is -2.67. The molecule has 1 atom stereocenters. The van der Waals surface area contributed by atoms with Gasteiger partial charge in [0, 0.05) is 24.1 Å². The summed E-state index contributed by atoms with van der Waals surface area (Å²) < 4.78 is 1.87. The summed E-state index contributed by atoms with van der Waals surface area (Å²) in [6.45, 7) is 1.93. The Morgan fingerprint density at radius 1 is 1.33 bits per heavy atom. The second-order valence-corrected chi connectivity index (χ2v) is 6.23. The van der Waals surface area contributed by atoms with Gasteiger partial charge in [-0.3, -0.25) is 14.3 Å². The molecule has 0 bridgehead atoms. The minimum Gasteiger partial charge on any atom is -0.326 e. The molecule has 1 fully saturated rings. The van der Waals surface area contributed by atoms with E-state index in [0.717, 1.165) is 37.2 Å². The van der Waals surface area contributed by atoms with Crippen molar-refractivity contribution in [1.82, 2.24) is 15.1 Å². The van der Waals surface area contributed by atoms with E-state index in [1.165, 1.54) is 0 Å². The van der Waals surface area contributed by atoms with Crippen molar-refractivity contribution in [1.29, 1.82) is 0 Å². The number of nitrogens with one attached hydrogen (secondary N) is 3. The Kier molecular flexibility index (Phi) is 3.78. The third kappa shape index (κ3) is 2.90. The summed E-state index contributed by atoms with van der Waals surface area (Å²) in [6.07, 6.45) is 4.40. The smallest absolute Gasteiger partial charge is 0.276 e. The Labute approximate surface area is 139 Å². The maximum absolute atomic E-state index is 12.4. The van der Waals surface area contributed by atoms with Gasteiger partial charge in [-0.25, -0.2) is 0 Å². The van der Waals surface area contributed by atoms with E-state index in [9.17, 15) is 9.59 Å². The lowest BCUT2D eigenvalue weighted by molar-refractivity contribution is -0.115. The molecule has 1 saturated heterocycles. The molecule has 2 aromatic rings. The fraction of sp³-hybridized carbons (Fsp3) is 0.353. The molecule has 4 rings (SSSR count). The predicted octanol–water partition coefficient (Wildman–Crippen LogP) is 1.55. The normalized spacial score (nSPS) is 19.7. The van der Waals surface area contributed by atoms with Gasteiger partial charge in [0.05, 0.1) is 12.5 Å². The van der Waals surface area contributed by atoms with Crippen molar-refractivity contribution >= 4 is 23.2 Å². The van der Waals surface area contributed by atoms with Crippen LogP contribution in [0.1, 0.15) is 34.9 Å². The first-order chi connectivity index (χ1) is 11.7. The van der Waals surface area contributed by atoms with Crippen molar-refractivity contribution in [2.45, 2.75) is 25.3 Å². The van der Waals surface area contributed by atoms with Gasteiger partial charge in [-0.2, -0.15) is 5.10 Å². The minimum atomic E-state index is -0.241. The van der Waals surface area contributed by atoms with Gasteiger partial charge in [-0.15, -0.1) is 0 Å². The van der Waals surface area contributed by atoms with Crippen molar-refractivity contribution in [2.24, 2.45) is 0 Å². The predicted molar refractivity (Wildman–Crippen MR) is 90.1 cm³/mol. The van der Waals surface area contributed by atoms with Crippen LogP contribution in [-0.2, 0) is 11.2 Å². The summed E-state index contributed by atoms with van der Waals surface area (Å²) in [5, 5.41) is 13.4. The number of carbonyl (C=O) groups excluding carboxylic acids is 2. The highest BCUT2D eigenvalue weighted by molar-refractivity contribution is 6.04. The van der Waals surface area contributed by atoms with Crippen LogP contribution in [0, 0.1) is 0 Å². The third-order valence-electron chi connectivity index (χ3n) is 4.47. The summed E-state index contributed by atoms with van der Waals surface area (Å²) in [5.74, 6) is -0.261. The van der Waals surface area contributed by atoms with E-state index in [4.69, 9.17) is 0 Å². The van der Waals surface area contributed by atoms with Gasteiger partial charge in [-0.05, 0) is 49.2 Å². The number of hydrogen-bond donors (Lipinski definition) is 3. The van der Waals surface area contributed by atoms with Crippen LogP contribution in [-0.4, -0.2) is 34.7 Å². The summed E-state index contributed by atoms with van der Waals surface area (Å²) in [7, 11) is 0. The number of aromatic nitrogens is 2. The average molecular weight is 325 g/mol. The van der Waals surface area contributed by atoms with E-state index in [2.05, 4.69) is 21.0 Å². The van der Waals surface area contributed by atoms with E-state index < -0.39 is 0 Å². The number of amides is 2. The van der Waals surface area contributed by atoms with Crippen LogP contribution in [0.2, 0.25) is 0 Å². The van der Waals surface area contributed by atoms with Crippen molar-refractivity contribution in [3.8, 4) is 0 Å². The lowest BCUT2D eigenvalue weighted by atomic mass is 10.1. The molecule has 1 unspecified atom stereocenters. The molecule has 0 saturated carbocycles. The number of anilines is 2. The summed E-state index contributed by atoms with van der Waals surface area (Å²) >= 11 is 0. The van der Waals surface area contributed by atoms with E-state index in [-0.39, 0.29) is 11.8 Å². The third-order valence-corrected chi connectivity index (χ3v) is 4.47. The largest absolute Gasteiger partial charge is 0.326 e. The molecule has 7 nitrogen and oxygen atoms in total. The molecular weight excluding hydrogens is 306 g/mol. The molecule has 1 aromatic carbocycles. The molecule has 2 aliphatic heterocycles. The lowest BCUT2D eigenvalue weighted by Crippen LogP contribution is -2.32. The number of carbonyl (C=O) groups is 2. The van der Waals surface area contributed by atoms with Gasteiger partial charge in [0.1, 0.15) is 0 Å². The van der Waals surface area contributed by atoms with Gasteiger partial charge in [0.25, 0.3) is 5.91 Å². The van der Waals surface area contributed by atoms with Gasteiger partial charge >= 0.3 is 0 Å². The molecule has 2 aliphatic rings. The zero-order chi connectivity index (χ0) is 16.5. The van der Waals surface area contributed by atoms with Crippen molar-refractivity contribution in [3.05, 3.63) is 41.7 Å². The molecule has 0 spiro atoms. The topological polar surface area (TPSA) is 88.1 Å². The molecule has 3 N–H and O–H groups in total. The Morgan fingerprint density at radius 3 is 3.08 bits per heavy atom. The lowest BCUT2D eigenvalue weighted by Gasteiger charge is -2.22. The molecule has 2 amide bonds. The van der Waals surface area contributed by atoms with Crippen molar-refractivity contribution in [2.75, 3.05) is 23.7 Å². The molecule has 7 heteroatoms. The number of rotatable bonds is 3. The molecule has 0 aliphatic carbocycles. The highest BCUT2D eigenvalue weighted by Crippen LogP contribution is 2.26. The Bertz CT molecular complexity index is 792. The molecule has 1 aromatic heterocycles. The van der Waals surface area contributed by atoms with Crippen LogP contribution < -0.4 is 16.0 Å². The first kappa shape index (κ1) is 14.9. The summed E-state index contributed by atoms with van der Waals surface area (Å²) in [4.78, 5) is 23.8. The highest BCUT2D eigenvalue weighted by Gasteiger charge is 2.20. The maximum Gasteiger partial charge on any atom is 0.276 e. The van der Waals surface area contributed by atoms with Crippen molar-refractivity contribution in [3.63, 3.8) is 0 Å². The van der Waals surface area contributed by atoms with Crippen LogP contribution >= 0.6 is 0 Å². The fourth-order valence-corrected chi connectivity index (χ4v) is 3.22. The van der Waals surface area contributed by atoms with Crippen LogP contribution in [0.5, 0.6) is 0 Å². The molecule has 124 valence electrons. The van der Waals surface area contributed by atoms with Crippen LogP contribution in [0.15, 0.2) is 30.5 Å². The molecular formula is C17H19N5O2. The summed E-state index contributed by atoms with van der Waals surface area (Å²) in [6, 6.07) is 7.46. The standard InChI is InChI=1S/C17H19N5O2/c23-16-9-11-8-12(3-4-14(11)20-16)19-17(24)15-5-7-22(21-15)13-2-1-6-18-10-13/h3-5,7-8,13,18H,1-2,6,9-10H2,(H,19,24)(H,20,23). The first-order valence-electron chi connectivity index (χ1n) is 8.19. The van der Waals surface area contributed by atoms with E-state index in [0.29, 0.717) is 23.8 Å². The number of piperidine rings is 1. The van der Waals surface area contributed by atoms with E-state index in [1.807, 2.05) is 23.0 Å². The quantitative estimate of drug-likeness (QED) is 0.799. The zero-order valence-corrected chi connectivity index (χ0v) is 13.2. The van der Waals surface area contributed by atoms with Gasteiger partial charge < -0.3 is 16.0 Å². The fourth-order valence-electron chi connectivity index (χ4n) is 3.22. The SMILES string of the molecule is O=C1Cc2cc(NC(=O)c3ccn(C4CCCNC4)n3)ccc2N1. The number of benzene rings is 1. The van der Waals surface area contributed by atoms with Crippen LogP contribution in [0.25, 0.3) is 0 Å². The summed E-state index contributed by atoms with van der Waals surface area (Å²) in [5.41, 5.74) is 2.78. The molecule has 3 heterocycles. The van der Waals surface area contributed by atoms with Crippen molar-refractivity contribution < 1.29 is 9.59 Å². The second-order valence-electron chi connectivity index (χ2n) is 6.23. The second kappa shape index (κ2) is 6.09. The number of fused-ring (bicyclic) bond motifs is 1. The average Bonchev–Trinajstić information content (AvgIpc) is 3.21. The van der Waals surface area contributed by atoms with Gasteiger partial charge in [-0.1, -0.05) is 0 Å². The molecule has 0 radical (unpaired) electrons. The van der Waals surface area contributed by atoms with Gasteiger partial charge in [0.15, 0.2) is 5.69 Å². The van der Waals surface area contributed by atoms with Gasteiger partial charge in [0.2, 0.25) is 5.91 Å². The van der Waals surface area contributed by atoms with Crippen LogP contribution in [0.4, 0.5) is 11.4 Å². The highest BCUT2D eigenvalue weighted by atomic mass is 16.2. The first-order valence-corrected chi connectivity index (χ1v) is 8.19. The number of hydrogen-bond acceptors (Lipinski definition) is 4. The minimum absolute atomic E-state index is 0.0201. The van der Waals surface area contributed by atoms with E-state index in [1.54, 1.807) is 12.1 Å². The Balaban J connectivity index is 1.46.